The zero-order valence-corrected chi connectivity index (χ0v) is 18.0. The van der Waals surface area contributed by atoms with E-state index in [-0.39, 0.29) is 24.9 Å². The predicted octanol–water partition coefficient (Wildman–Crippen LogP) is 3.13. The van der Waals surface area contributed by atoms with Crippen LogP contribution in [0.4, 0.5) is 5.69 Å². The van der Waals surface area contributed by atoms with Gasteiger partial charge in [0.25, 0.3) is 0 Å². The fourth-order valence-electron chi connectivity index (χ4n) is 2.92. The summed E-state index contributed by atoms with van der Waals surface area (Å²) in [4.78, 5) is 12.3. The lowest BCUT2D eigenvalue weighted by Crippen LogP contribution is -2.32. The Morgan fingerprint density at radius 2 is 1.72 bits per heavy atom. The zero-order chi connectivity index (χ0) is 21.4. The third-order valence-corrected chi connectivity index (χ3v) is 5.69. The van der Waals surface area contributed by atoms with Crippen LogP contribution >= 0.6 is 0 Å². The molecule has 2 rings (SSSR count). The van der Waals surface area contributed by atoms with Gasteiger partial charge in [0.15, 0.2) is 0 Å². The maximum Gasteiger partial charge on any atom is 0.232 e. The Balaban J connectivity index is 1.93. The number of hydrogen-bond donors (Lipinski definition) is 1. The second-order valence-electron chi connectivity index (χ2n) is 6.70. The van der Waals surface area contributed by atoms with Crippen molar-refractivity contribution < 1.29 is 22.7 Å². The lowest BCUT2D eigenvalue weighted by atomic mass is 10.1. The molecule has 0 heterocycles. The molecule has 1 atom stereocenters. The van der Waals surface area contributed by atoms with E-state index in [1.165, 1.54) is 11.4 Å². The molecule has 0 radical (unpaired) electrons. The molecule has 0 saturated heterocycles. The molecule has 0 aliphatic heterocycles. The normalized spacial score (nSPS) is 12.1. The number of sulfonamides is 1. The Morgan fingerprint density at radius 1 is 1.07 bits per heavy atom. The molecule has 2 aromatic rings. The fraction of sp³-hybridized carbons (Fsp3) is 0.381. The number of carbonyl (C=O) groups is 1. The molecular formula is C21H28N2O5S. The number of rotatable bonds is 10. The van der Waals surface area contributed by atoms with Gasteiger partial charge in [0, 0.05) is 19.0 Å². The van der Waals surface area contributed by atoms with E-state index in [4.69, 9.17) is 9.47 Å². The first-order valence-corrected chi connectivity index (χ1v) is 11.1. The number of nitrogens with one attached hydrogen (secondary N) is 1. The van der Waals surface area contributed by atoms with Crippen molar-refractivity contribution in [3.05, 3.63) is 54.1 Å². The third-order valence-electron chi connectivity index (χ3n) is 4.50. The fourth-order valence-corrected chi connectivity index (χ4v) is 3.88. The number of methoxy groups -OCH3 is 2. The molecule has 0 aromatic heterocycles. The summed E-state index contributed by atoms with van der Waals surface area (Å²) in [6.45, 7) is 2.11. The van der Waals surface area contributed by atoms with Gasteiger partial charge >= 0.3 is 0 Å². The van der Waals surface area contributed by atoms with Gasteiger partial charge in [-0.25, -0.2) is 8.42 Å². The molecule has 7 nitrogen and oxygen atoms in total. The van der Waals surface area contributed by atoms with E-state index in [9.17, 15) is 13.2 Å². The Kier molecular flexibility index (Phi) is 7.90. The highest BCUT2D eigenvalue weighted by Crippen LogP contribution is 2.23. The van der Waals surface area contributed by atoms with Crippen molar-refractivity contribution in [1.29, 1.82) is 0 Å². The van der Waals surface area contributed by atoms with Gasteiger partial charge in [-0.1, -0.05) is 18.2 Å². The summed E-state index contributed by atoms with van der Waals surface area (Å²) in [5, 5.41) is 2.94. The van der Waals surface area contributed by atoms with Gasteiger partial charge < -0.3 is 14.8 Å². The first-order chi connectivity index (χ1) is 13.7. The van der Waals surface area contributed by atoms with Gasteiger partial charge in [0.1, 0.15) is 11.5 Å². The molecule has 0 unspecified atom stereocenters. The van der Waals surface area contributed by atoms with E-state index in [2.05, 4.69) is 5.32 Å². The molecule has 0 spiro atoms. The monoisotopic (exact) mass is 420 g/mol. The van der Waals surface area contributed by atoms with Crippen LogP contribution < -0.4 is 19.1 Å². The summed E-state index contributed by atoms with van der Waals surface area (Å²) in [5.74, 6) is 1.19. The van der Waals surface area contributed by atoms with Crippen LogP contribution in [0.15, 0.2) is 48.5 Å². The standard InChI is InChI=1S/C21H28N2O5S/c1-16(17-10-12-19(27-2)13-11-17)22-21(24)9-6-14-23(29(4,25)26)18-7-5-8-20(15-18)28-3/h5,7-8,10-13,15-16H,6,9,14H2,1-4H3,(H,22,24)/t16-/m0/s1. The van der Waals surface area contributed by atoms with Crippen molar-refractivity contribution >= 4 is 21.6 Å². The van der Waals surface area contributed by atoms with Gasteiger partial charge in [-0.05, 0) is 43.2 Å². The van der Waals surface area contributed by atoms with E-state index in [0.717, 1.165) is 17.6 Å². The van der Waals surface area contributed by atoms with Crippen molar-refractivity contribution in [3.63, 3.8) is 0 Å². The first kappa shape index (κ1) is 22.5. The molecule has 2 aromatic carbocycles. The van der Waals surface area contributed by atoms with Crippen LogP contribution in [0.3, 0.4) is 0 Å². The second kappa shape index (κ2) is 10.2. The zero-order valence-electron chi connectivity index (χ0n) is 17.2. The number of nitrogens with zero attached hydrogens (tertiary/aromatic N) is 1. The number of hydrogen-bond acceptors (Lipinski definition) is 5. The quantitative estimate of drug-likeness (QED) is 0.638. The molecule has 1 amide bonds. The average Bonchev–Trinajstić information content (AvgIpc) is 2.70. The van der Waals surface area contributed by atoms with E-state index in [0.29, 0.717) is 17.9 Å². The summed E-state index contributed by atoms with van der Waals surface area (Å²) in [6, 6.07) is 14.2. The van der Waals surface area contributed by atoms with Crippen LogP contribution in [-0.2, 0) is 14.8 Å². The Bertz CT molecular complexity index is 913. The van der Waals surface area contributed by atoms with Crippen LogP contribution in [0.2, 0.25) is 0 Å². The topological polar surface area (TPSA) is 84.9 Å². The molecule has 0 aliphatic rings. The minimum absolute atomic E-state index is 0.132. The minimum atomic E-state index is -3.48. The van der Waals surface area contributed by atoms with Crippen molar-refractivity contribution in [2.45, 2.75) is 25.8 Å². The minimum Gasteiger partial charge on any atom is -0.497 e. The largest absolute Gasteiger partial charge is 0.497 e. The molecule has 0 fully saturated rings. The summed E-state index contributed by atoms with van der Waals surface area (Å²) >= 11 is 0. The summed E-state index contributed by atoms with van der Waals surface area (Å²) in [7, 11) is -0.351. The highest BCUT2D eigenvalue weighted by molar-refractivity contribution is 7.92. The Morgan fingerprint density at radius 3 is 2.31 bits per heavy atom. The maximum atomic E-state index is 12.3. The van der Waals surface area contributed by atoms with Crippen LogP contribution in [-0.4, -0.2) is 41.3 Å². The van der Waals surface area contributed by atoms with Gasteiger partial charge in [-0.15, -0.1) is 0 Å². The molecule has 0 bridgehead atoms. The summed E-state index contributed by atoms with van der Waals surface area (Å²) < 4.78 is 36.0. The Hall–Kier alpha value is -2.74. The second-order valence-corrected chi connectivity index (χ2v) is 8.61. The van der Waals surface area contributed by atoms with E-state index in [1.807, 2.05) is 31.2 Å². The molecule has 1 N–H and O–H groups in total. The van der Waals surface area contributed by atoms with E-state index < -0.39 is 10.0 Å². The molecular weight excluding hydrogens is 392 g/mol. The lowest BCUT2D eigenvalue weighted by Gasteiger charge is -2.23. The van der Waals surface area contributed by atoms with E-state index >= 15 is 0 Å². The average molecular weight is 421 g/mol. The van der Waals surface area contributed by atoms with Crippen molar-refractivity contribution in [2.75, 3.05) is 31.3 Å². The van der Waals surface area contributed by atoms with E-state index in [1.54, 1.807) is 31.4 Å². The van der Waals surface area contributed by atoms with Crippen LogP contribution in [0.1, 0.15) is 31.4 Å². The highest BCUT2D eigenvalue weighted by Gasteiger charge is 2.18. The van der Waals surface area contributed by atoms with Crippen LogP contribution in [0, 0.1) is 0 Å². The molecule has 0 saturated carbocycles. The highest BCUT2D eigenvalue weighted by atomic mass is 32.2. The summed E-state index contributed by atoms with van der Waals surface area (Å²) in [6.07, 6.45) is 1.76. The molecule has 29 heavy (non-hydrogen) atoms. The Labute approximate surface area is 172 Å². The van der Waals surface area contributed by atoms with Gasteiger partial charge in [-0.2, -0.15) is 0 Å². The van der Waals surface area contributed by atoms with Crippen molar-refractivity contribution in [1.82, 2.24) is 5.32 Å². The molecule has 158 valence electrons. The number of amides is 1. The van der Waals surface area contributed by atoms with Crippen molar-refractivity contribution in [2.24, 2.45) is 0 Å². The summed E-state index contributed by atoms with van der Waals surface area (Å²) in [5.41, 5.74) is 1.48. The third kappa shape index (κ3) is 6.67. The van der Waals surface area contributed by atoms with Gasteiger partial charge in [0.05, 0.1) is 32.2 Å². The van der Waals surface area contributed by atoms with Gasteiger partial charge in [0.2, 0.25) is 15.9 Å². The maximum absolute atomic E-state index is 12.3. The molecule has 8 heteroatoms. The molecule has 0 aliphatic carbocycles. The number of benzene rings is 2. The smallest absolute Gasteiger partial charge is 0.232 e. The first-order valence-electron chi connectivity index (χ1n) is 9.29. The number of carbonyl (C=O) groups excluding carboxylic acids is 1. The van der Waals surface area contributed by atoms with Crippen LogP contribution in [0.25, 0.3) is 0 Å². The lowest BCUT2D eigenvalue weighted by molar-refractivity contribution is -0.121. The number of anilines is 1. The van der Waals surface area contributed by atoms with Gasteiger partial charge in [-0.3, -0.25) is 9.10 Å². The SMILES string of the molecule is COc1ccc([C@H](C)NC(=O)CCCN(c2cccc(OC)c2)S(C)(=O)=O)cc1. The van der Waals surface area contributed by atoms with Crippen LogP contribution in [0.5, 0.6) is 11.5 Å². The predicted molar refractivity (Wildman–Crippen MR) is 114 cm³/mol. The number of ether oxygens (including phenoxy) is 2. The van der Waals surface area contributed by atoms with Crippen molar-refractivity contribution in [3.8, 4) is 11.5 Å².